The molecule has 20 heavy (non-hydrogen) atoms. The number of nitrogens with zero attached hydrogens (tertiary/aromatic N) is 2. The Morgan fingerprint density at radius 3 is 2.65 bits per heavy atom. The Hall–Kier alpha value is -2.11. The smallest absolute Gasteiger partial charge is 0.256 e. The molecule has 0 bridgehead atoms. The van der Waals surface area contributed by atoms with E-state index in [1.54, 1.807) is 6.07 Å². The van der Waals surface area contributed by atoms with Crippen molar-refractivity contribution in [2.24, 2.45) is 16.8 Å². The van der Waals surface area contributed by atoms with Gasteiger partial charge < -0.3 is 15.8 Å². The number of halogens is 1. The normalized spacial score (nSPS) is 11.7. The summed E-state index contributed by atoms with van der Waals surface area (Å²) in [6.07, 6.45) is 0.239. The molecular formula is C14H20FN3O2. The zero-order valence-corrected chi connectivity index (χ0v) is 11.7. The molecule has 0 heterocycles. The Kier molecular flexibility index (Phi) is 5.96. The highest BCUT2D eigenvalue weighted by Gasteiger charge is 2.19. The third-order valence-corrected chi connectivity index (χ3v) is 2.74. The lowest BCUT2D eigenvalue weighted by molar-refractivity contribution is 0.0736. The van der Waals surface area contributed by atoms with Gasteiger partial charge in [0.1, 0.15) is 11.7 Å². The largest absolute Gasteiger partial charge is 0.409 e. The molecular weight excluding hydrogens is 261 g/mol. The lowest BCUT2D eigenvalue weighted by Gasteiger charge is -2.24. The van der Waals surface area contributed by atoms with Gasteiger partial charge in [-0.2, -0.15) is 0 Å². The monoisotopic (exact) mass is 281 g/mol. The number of hydrogen-bond acceptors (Lipinski definition) is 3. The molecule has 110 valence electrons. The van der Waals surface area contributed by atoms with Crippen molar-refractivity contribution < 1.29 is 14.4 Å². The van der Waals surface area contributed by atoms with Gasteiger partial charge in [0, 0.05) is 19.5 Å². The van der Waals surface area contributed by atoms with Crippen molar-refractivity contribution in [2.45, 2.75) is 20.3 Å². The number of amides is 1. The van der Waals surface area contributed by atoms with Crippen molar-refractivity contribution in [3.63, 3.8) is 0 Å². The van der Waals surface area contributed by atoms with Gasteiger partial charge in [-0.05, 0) is 18.1 Å². The van der Waals surface area contributed by atoms with Crippen molar-refractivity contribution >= 4 is 11.7 Å². The summed E-state index contributed by atoms with van der Waals surface area (Å²) >= 11 is 0. The summed E-state index contributed by atoms with van der Waals surface area (Å²) in [5, 5.41) is 11.4. The lowest BCUT2D eigenvalue weighted by Crippen LogP contribution is -2.37. The summed E-state index contributed by atoms with van der Waals surface area (Å²) < 4.78 is 13.7. The molecule has 0 unspecified atom stereocenters. The first-order valence-corrected chi connectivity index (χ1v) is 6.46. The second-order valence-electron chi connectivity index (χ2n) is 4.97. The van der Waals surface area contributed by atoms with Crippen LogP contribution in [0.4, 0.5) is 4.39 Å². The third kappa shape index (κ3) is 4.53. The molecule has 0 aromatic heterocycles. The average molecular weight is 281 g/mol. The van der Waals surface area contributed by atoms with Crippen LogP contribution in [0.15, 0.2) is 29.4 Å². The molecule has 0 saturated carbocycles. The number of carbonyl (C=O) groups is 1. The maximum atomic E-state index is 13.7. The Labute approximate surface area is 117 Å². The highest BCUT2D eigenvalue weighted by molar-refractivity contribution is 5.94. The molecule has 1 aromatic carbocycles. The standard InChI is InChI=1S/C14H20FN3O2/c1-10(2)9-18(8-7-13(16)17-20)14(19)11-5-3-4-6-12(11)15/h3-6,10,20H,7-9H2,1-2H3,(H2,16,17). The van der Waals surface area contributed by atoms with Crippen molar-refractivity contribution in [2.75, 3.05) is 13.1 Å². The van der Waals surface area contributed by atoms with Gasteiger partial charge in [-0.1, -0.05) is 31.1 Å². The summed E-state index contributed by atoms with van der Waals surface area (Å²) in [7, 11) is 0. The summed E-state index contributed by atoms with van der Waals surface area (Å²) in [5.74, 6) is -0.657. The minimum Gasteiger partial charge on any atom is -0.409 e. The van der Waals surface area contributed by atoms with Crippen LogP contribution in [-0.4, -0.2) is 34.9 Å². The van der Waals surface area contributed by atoms with Crippen LogP contribution in [0.5, 0.6) is 0 Å². The minimum atomic E-state index is -0.546. The summed E-state index contributed by atoms with van der Waals surface area (Å²) in [5.41, 5.74) is 5.44. The second-order valence-corrected chi connectivity index (χ2v) is 4.97. The molecule has 0 spiro atoms. The fourth-order valence-electron chi connectivity index (χ4n) is 1.82. The van der Waals surface area contributed by atoms with E-state index in [4.69, 9.17) is 10.9 Å². The Bertz CT molecular complexity index is 489. The number of amidine groups is 1. The van der Waals surface area contributed by atoms with Gasteiger partial charge in [-0.25, -0.2) is 4.39 Å². The fourth-order valence-corrected chi connectivity index (χ4v) is 1.82. The topological polar surface area (TPSA) is 78.9 Å². The highest BCUT2D eigenvalue weighted by Crippen LogP contribution is 2.12. The number of hydrogen-bond donors (Lipinski definition) is 2. The van der Waals surface area contributed by atoms with E-state index in [1.807, 2.05) is 13.8 Å². The molecule has 5 nitrogen and oxygen atoms in total. The molecule has 0 aliphatic carbocycles. The van der Waals surface area contributed by atoms with E-state index in [0.29, 0.717) is 6.54 Å². The number of carbonyl (C=O) groups excluding carboxylic acids is 1. The number of nitrogens with two attached hydrogens (primary N) is 1. The third-order valence-electron chi connectivity index (χ3n) is 2.74. The van der Waals surface area contributed by atoms with E-state index in [-0.39, 0.29) is 36.2 Å². The first kappa shape index (κ1) is 15.9. The molecule has 1 amide bonds. The zero-order valence-electron chi connectivity index (χ0n) is 11.7. The molecule has 0 fully saturated rings. The Balaban J connectivity index is 2.87. The quantitative estimate of drug-likeness (QED) is 0.362. The van der Waals surface area contributed by atoms with Gasteiger partial charge in [0.2, 0.25) is 0 Å². The van der Waals surface area contributed by atoms with Gasteiger partial charge in [-0.3, -0.25) is 4.79 Å². The van der Waals surface area contributed by atoms with Crippen molar-refractivity contribution in [1.82, 2.24) is 4.90 Å². The van der Waals surface area contributed by atoms with Crippen LogP contribution in [0, 0.1) is 11.7 Å². The zero-order chi connectivity index (χ0) is 15.1. The molecule has 3 N–H and O–H groups in total. The first-order chi connectivity index (χ1) is 9.45. The van der Waals surface area contributed by atoms with Gasteiger partial charge in [0.05, 0.1) is 5.56 Å². The molecule has 6 heteroatoms. The predicted octanol–water partition coefficient (Wildman–Crippen LogP) is 2.06. The summed E-state index contributed by atoms with van der Waals surface area (Å²) in [6, 6.07) is 5.86. The maximum absolute atomic E-state index is 13.7. The number of rotatable bonds is 6. The van der Waals surface area contributed by atoms with Crippen LogP contribution in [0.2, 0.25) is 0 Å². The van der Waals surface area contributed by atoms with E-state index in [1.165, 1.54) is 23.1 Å². The van der Waals surface area contributed by atoms with E-state index in [9.17, 15) is 9.18 Å². The lowest BCUT2D eigenvalue weighted by atomic mass is 10.1. The van der Waals surface area contributed by atoms with Gasteiger partial charge in [0.25, 0.3) is 5.91 Å². The van der Waals surface area contributed by atoms with Gasteiger partial charge in [0.15, 0.2) is 0 Å². The molecule has 1 aromatic rings. The van der Waals surface area contributed by atoms with E-state index in [2.05, 4.69) is 5.16 Å². The minimum absolute atomic E-state index is 0.0349. The van der Waals surface area contributed by atoms with Crippen molar-refractivity contribution in [3.8, 4) is 0 Å². The van der Waals surface area contributed by atoms with Crippen LogP contribution in [0.3, 0.4) is 0 Å². The maximum Gasteiger partial charge on any atom is 0.256 e. The highest BCUT2D eigenvalue weighted by atomic mass is 19.1. The molecule has 1 rings (SSSR count). The van der Waals surface area contributed by atoms with Crippen LogP contribution in [0.1, 0.15) is 30.6 Å². The first-order valence-electron chi connectivity index (χ1n) is 6.46. The van der Waals surface area contributed by atoms with Crippen LogP contribution < -0.4 is 5.73 Å². The number of oxime groups is 1. The average Bonchev–Trinajstić information content (AvgIpc) is 2.42. The fraction of sp³-hybridized carbons (Fsp3) is 0.429. The summed E-state index contributed by atoms with van der Waals surface area (Å²) in [6.45, 7) is 4.68. The molecule has 0 saturated heterocycles. The molecule has 0 aliphatic rings. The second kappa shape index (κ2) is 7.47. The Morgan fingerprint density at radius 1 is 1.45 bits per heavy atom. The molecule has 0 radical (unpaired) electrons. The SMILES string of the molecule is CC(C)CN(CCC(N)=NO)C(=O)c1ccccc1F. The Morgan fingerprint density at radius 2 is 2.10 bits per heavy atom. The molecule has 0 aliphatic heterocycles. The van der Waals surface area contributed by atoms with Gasteiger partial charge in [-0.15, -0.1) is 0 Å². The molecule has 0 atom stereocenters. The van der Waals surface area contributed by atoms with E-state index < -0.39 is 5.82 Å². The van der Waals surface area contributed by atoms with Crippen molar-refractivity contribution in [3.05, 3.63) is 35.6 Å². The van der Waals surface area contributed by atoms with Crippen LogP contribution in [0.25, 0.3) is 0 Å². The number of benzene rings is 1. The summed E-state index contributed by atoms with van der Waals surface area (Å²) in [4.78, 5) is 13.9. The van der Waals surface area contributed by atoms with E-state index >= 15 is 0 Å². The van der Waals surface area contributed by atoms with Crippen LogP contribution in [-0.2, 0) is 0 Å². The van der Waals surface area contributed by atoms with Gasteiger partial charge >= 0.3 is 0 Å². The van der Waals surface area contributed by atoms with E-state index in [0.717, 1.165) is 0 Å². The van der Waals surface area contributed by atoms with Crippen LogP contribution >= 0.6 is 0 Å². The predicted molar refractivity (Wildman–Crippen MR) is 75.2 cm³/mol. The van der Waals surface area contributed by atoms with Crippen molar-refractivity contribution in [1.29, 1.82) is 0 Å².